The van der Waals surface area contributed by atoms with Crippen molar-refractivity contribution in [3.05, 3.63) is 35.4 Å². The topological polar surface area (TPSA) is 87.1 Å². The summed E-state index contributed by atoms with van der Waals surface area (Å²) in [6.07, 6.45) is 7.83. The predicted molar refractivity (Wildman–Crippen MR) is 106 cm³/mol. The number of carbonyl (C=O) groups is 2. The molecule has 1 spiro atoms. The van der Waals surface area contributed by atoms with Crippen molar-refractivity contribution in [3.8, 4) is 0 Å². The number of fused-ring (bicyclic) bond motifs is 2. The van der Waals surface area contributed by atoms with Crippen LogP contribution in [-0.4, -0.2) is 60.8 Å². The minimum Gasteiger partial charge on any atom is -0.348 e. The fraction of sp³-hybridized carbons (Fsp3) is 0.619. The Morgan fingerprint density at radius 1 is 1.17 bits per heavy atom. The third-order valence-corrected chi connectivity index (χ3v) is 7.05. The number of aromatic amines is 1. The average molecular weight is 396 g/mol. The third kappa shape index (κ3) is 2.96. The number of carbonyl (C=O) groups excluding carboxylic acids is 2. The van der Waals surface area contributed by atoms with Crippen LogP contribution in [-0.2, 0) is 28.1 Å². The zero-order valence-electron chi connectivity index (χ0n) is 17.1. The molecule has 8 heteroatoms. The molecule has 0 unspecified atom stereocenters. The Hall–Kier alpha value is -2.64. The van der Waals surface area contributed by atoms with E-state index < -0.39 is 0 Å². The summed E-state index contributed by atoms with van der Waals surface area (Å²) in [6.45, 7) is 6.29. The van der Waals surface area contributed by atoms with Crippen molar-refractivity contribution >= 4 is 11.8 Å². The molecule has 8 nitrogen and oxygen atoms in total. The van der Waals surface area contributed by atoms with Gasteiger partial charge >= 0.3 is 0 Å². The molecule has 29 heavy (non-hydrogen) atoms. The minimum atomic E-state index is -0.369. The van der Waals surface area contributed by atoms with Gasteiger partial charge in [0.2, 0.25) is 11.8 Å². The van der Waals surface area contributed by atoms with Gasteiger partial charge in [0.05, 0.1) is 29.6 Å². The number of imidazole rings is 2. The molecular formula is C21H28N6O2. The van der Waals surface area contributed by atoms with Crippen molar-refractivity contribution < 1.29 is 9.59 Å². The maximum Gasteiger partial charge on any atom is 0.242 e. The number of hydrogen-bond donors (Lipinski definition) is 1. The predicted octanol–water partition coefficient (Wildman–Crippen LogP) is 1.54. The maximum absolute atomic E-state index is 13.1. The van der Waals surface area contributed by atoms with Gasteiger partial charge < -0.3 is 19.4 Å². The molecule has 0 radical (unpaired) electrons. The molecule has 2 amide bonds. The lowest BCUT2D eigenvalue weighted by atomic mass is 9.78. The second-order valence-corrected chi connectivity index (χ2v) is 8.70. The fourth-order valence-corrected chi connectivity index (χ4v) is 4.93. The normalized spacial score (nSPS) is 20.8. The molecular weight excluding hydrogens is 368 g/mol. The van der Waals surface area contributed by atoms with Crippen molar-refractivity contribution in [2.45, 2.75) is 58.0 Å². The molecule has 0 atom stereocenters. The summed E-state index contributed by atoms with van der Waals surface area (Å²) in [6, 6.07) is 0. The van der Waals surface area contributed by atoms with Crippen LogP contribution in [0, 0.1) is 19.8 Å². The van der Waals surface area contributed by atoms with Crippen LogP contribution in [0.5, 0.6) is 0 Å². The fourth-order valence-electron chi connectivity index (χ4n) is 4.93. The van der Waals surface area contributed by atoms with Gasteiger partial charge in [0.1, 0.15) is 6.54 Å². The highest BCUT2D eigenvalue weighted by Gasteiger charge is 2.51. The summed E-state index contributed by atoms with van der Waals surface area (Å²) in [5.74, 6) is 0.584. The first-order valence-corrected chi connectivity index (χ1v) is 10.6. The number of H-pyrrole nitrogens is 1. The molecule has 4 heterocycles. The number of nitrogens with one attached hydrogen (secondary N) is 1. The first kappa shape index (κ1) is 18.4. The maximum atomic E-state index is 13.1. The van der Waals surface area contributed by atoms with Crippen LogP contribution in [0.2, 0.25) is 0 Å². The van der Waals surface area contributed by atoms with Gasteiger partial charge in [0, 0.05) is 43.4 Å². The number of piperidine rings is 1. The molecule has 2 aromatic heterocycles. The molecule has 3 aliphatic rings. The molecule has 2 aliphatic heterocycles. The number of aromatic nitrogens is 4. The van der Waals surface area contributed by atoms with E-state index in [2.05, 4.69) is 19.9 Å². The SMILES string of the molecule is Cc1ncn(CC(=O)N2CCC3(CC2)c2nc[nH]c2CCN3C(=O)C2CC2)c1C. The van der Waals surface area contributed by atoms with Gasteiger partial charge in [-0.1, -0.05) is 0 Å². The van der Waals surface area contributed by atoms with Crippen molar-refractivity contribution in [3.63, 3.8) is 0 Å². The molecule has 154 valence electrons. The minimum absolute atomic E-state index is 0.110. The Morgan fingerprint density at radius 2 is 1.93 bits per heavy atom. The number of hydrogen-bond acceptors (Lipinski definition) is 4. The summed E-state index contributed by atoms with van der Waals surface area (Å²) in [4.78, 5) is 42.2. The Labute approximate surface area is 170 Å². The molecule has 5 rings (SSSR count). The van der Waals surface area contributed by atoms with Gasteiger partial charge in [-0.3, -0.25) is 9.59 Å². The van der Waals surface area contributed by atoms with Crippen LogP contribution >= 0.6 is 0 Å². The molecule has 1 N–H and O–H groups in total. The van der Waals surface area contributed by atoms with Crippen LogP contribution in [0.15, 0.2) is 12.7 Å². The van der Waals surface area contributed by atoms with E-state index in [9.17, 15) is 9.59 Å². The summed E-state index contributed by atoms with van der Waals surface area (Å²) in [7, 11) is 0. The summed E-state index contributed by atoms with van der Waals surface area (Å²) in [5, 5.41) is 0. The van der Waals surface area contributed by atoms with Crippen LogP contribution in [0.3, 0.4) is 0 Å². The quantitative estimate of drug-likeness (QED) is 0.853. The largest absolute Gasteiger partial charge is 0.348 e. The van der Waals surface area contributed by atoms with E-state index in [1.165, 1.54) is 0 Å². The van der Waals surface area contributed by atoms with E-state index in [0.717, 1.165) is 61.4 Å². The van der Waals surface area contributed by atoms with Gasteiger partial charge in [-0.25, -0.2) is 9.97 Å². The van der Waals surface area contributed by atoms with Crippen molar-refractivity contribution in [1.82, 2.24) is 29.3 Å². The number of amides is 2. The molecule has 0 bridgehead atoms. The Kier molecular flexibility index (Phi) is 4.26. The van der Waals surface area contributed by atoms with Crippen LogP contribution < -0.4 is 0 Å². The number of aryl methyl sites for hydroxylation is 1. The highest BCUT2D eigenvalue weighted by Crippen LogP contribution is 2.45. The van der Waals surface area contributed by atoms with Crippen molar-refractivity contribution in [1.29, 1.82) is 0 Å². The standard InChI is InChI=1S/C21H28N6O2/c1-14-15(2)26(13-24-14)11-18(28)25-9-6-21(7-10-25)19-17(22-12-23-19)5-8-27(21)20(29)16-3-4-16/h12-13,16H,3-11H2,1-2H3,(H,22,23). The first-order chi connectivity index (χ1) is 14.0. The smallest absolute Gasteiger partial charge is 0.242 e. The number of likely N-dealkylation sites (tertiary alicyclic amines) is 1. The average Bonchev–Trinajstić information content (AvgIpc) is 3.39. The van der Waals surface area contributed by atoms with Gasteiger partial charge in [0.15, 0.2) is 0 Å². The van der Waals surface area contributed by atoms with E-state index in [4.69, 9.17) is 0 Å². The monoisotopic (exact) mass is 396 g/mol. The Bertz CT molecular complexity index is 948. The molecule has 1 aliphatic carbocycles. The van der Waals surface area contributed by atoms with E-state index >= 15 is 0 Å². The van der Waals surface area contributed by atoms with E-state index in [0.29, 0.717) is 19.6 Å². The Balaban J connectivity index is 1.35. The zero-order valence-corrected chi connectivity index (χ0v) is 17.1. The van der Waals surface area contributed by atoms with Crippen LogP contribution in [0.25, 0.3) is 0 Å². The number of rotatable bonds is 3. The molecule has 0 aromatic carbocycles. The van der Waals surface area contributed by atoms with Crippen molar-refractivity contribution in [2.75, 3.05) is 19.6 Å². The summed E-state index contributed by atoms with van der Waals surface area (Å²) >= 11 is 0. The lowest BCUT2D eigenvalue weighted by Gasteiger charge is -2.50. The van der Waals surface area contributed by atoms with Crippen molar-refractivity contribution in [2.24, 2.45) is 5.92 Å². The Morgan fingerprint density at radius 3 is 2.59 bits per heavy atom. The van der Waals surface area contributed by atoms with Gasteiger partial charge in [-0.05, 0) is 39.5 Å². The van der Waals surface area contributed by atoms with E-state index in [1.54, 1.807) is 12.7 Å². The molecule has 1 saturated heterocycles. The zero-order chi connectivity index (χ0) is 20.2. The lowest BCUT2D eigenvalue weighted by molar-refractivity contribution is -0.145. The summed E-state index contributed by atoms with van der Waals surface area (Å²) in [5.41, 5.74) is 3.78. The van der Waals surface area contributed by atoms with Gasteiger partial charge in [-0.15, -0.1) is 0 Å². The highest BCUT2D eigenvalue weighted by atomic mass is 16.2. The first-order valence-electron chi connectivity index (χ1n) is 10.6. The lowest BCUT2D eigenvalue weighted by Crippen LogP contribution is -2.59. The molecule has 1 saturated carbocycles. The highest BCUT2D eigenvalue weighted by molar-refractivity contribution is 5.82. The molecule has 2 fully saturated rings. The van der Waals surface area contributed by atoms with E-state index in [1.807, 2.05) is 23.3 Å². The second kappa shape index (κ2) is 6.71. The third-order valence-electron chi connectivity index (χ3n) is 7.05. The van der Waals surface area contributed by atoms with Gasteiger partial charge in [-0.2, -0.15) is 0 Å². The van der Waals surface area contributed by atoms with E-state index in [-0.39, 0.29) is 23.3 Å². The van der Waals surface area contributed by atoms with Gasteiger partial charge in [0.25, 0.3) is 0 Å². The second-order valence-electron chi connectivity index (χ2n) is 8.70. The molecule has 2 aromatic rings. The van der Waals surface area contributed by atoms with Crippen LogP contribution in [0.4, 0.5) is 0 Å². The number of nitrogens with zero attached hydrogens (tertiary/aromatic N) is 5. The van der Waals surface area contributed by atoms with Crippen LogP contribution in [0.1, 0.15) is 48.5 Å². The summed E-state index contributed by atoms with van der Waals surface area (Å²) < 4.78 is 1.91.